The van der Waals surface area contributed by atoms with Gasteiger partial charge < -0.3 is 5.32 Å². The number of rotatable bonds is 5. The molecule has 0 aromatic rings. The molecule has 2 nitrogen and oxygen atoms in total. The molecule has 0 aliphatic carbocycles. The standard InChI is InChI=1S/C10H13NO/c1-3-5-7-9-11-10(12)8-6-4-2/h1-2H,5-9H2,(H,11,12). The third kappa shape index (κ3) is 6.71. The Morgan fingerprint density at radius 1 is 1.25 bits per heavy atom. The lowest BCUT2D eigenvalue weighted by molar-refractivity contribution is -0.120. The van der Waals surface area contributed by atoms with Gasteiger partial charge in [-0.1, -0.05) is 0 Å². The van der Waals surface area contributed by atoms with E-state index in [4.69, 9.17) is 12.8 Å². The van der Waals surface area contributed by atoms with Crippen LogP contribution >= 0.6 is 0 Å². The van der Waals surface area contributed by atoms with E-state index in [1.54, 1.807) is 0 Å². The number of carbonyl (C=O) groups is 1. The maximum absolute atomic E-state index is 10.9. The van der Waals surface area contributed by atoms with Gasteiger partial charge in [0.05, 0.1) is 0 Å². The van der Waals surface area contributed by atoms with Crippen molar-refractivity contribution in [1.82, 2.24) is 5.32 Å². The van der Waals surface area contributed by atoms with Crippen molar-refractivity contribution in [3.63, 3.8) is 0 Å². The molecule has 0 aromatic heterocycles. The number of unbranched alkanes of at least 4 members (excludes halogenated alkanes) is 1. The van der Waals surface area contributed by atoms with Gasteiger partial charge in [-0.3, -0.25) is 4.79 Å². The van der Waals surface area contributed by atoms with E-state index < -0.39 is 0 Å². The Labute approximate surface area is 73.7 Å². The van der Waals surface area contributed by atoms with Gasteiger partial charge in [0.25, 0.3) is 0 Å². The highest BCUT2D eigenvalue weighted by molar-refractivity contribution is 5.76. The first-order valence-electron chi connectivity index (χ1n) is 3.95. The summed E-state index contributed by atoms with van der Waals surface area (Å²) in [5.41, 5.74) is 0. The average Bonchev–Trinajstić information content (AvgIpc) is 2.09. The van der Waals surface area contributed by atoms with Crippen molar-refractivity contribution in [2.45, 2.75) is 25.7 Å². The highest BCUT2D eigenvalue weighted by atomic mass is 16.1. The Hall–Kier alpha value is -1.41. The molecular weight excluding hydrogens is 150 g/mol. The molecule has 0 rings (SSSR count). The fourth-order valence-corrected chi connectivity index (χ4v) is 0.692. The van der Waals surface area contributed by atoms with Crippen molar-refractivity contribution < 1.29 is 4.79 Å². The summed E-state index contributed by atoms with van der Waals surface area (Å²) in [6.45, 7) is 0.646. The number of nitrogens with one attached hydrogen (secondary N) is 1. The van der Waals surface area contributed by atoms with Gasteiger partial charge >= 0.3 is 0 Å². The quantitative estimate of drug-likeness (QED) is 0.474. The van der Waals surface area contributed by atoms with Crippen LogP contribution in [0.4, 0.5) is 0 Å². The second kappa shape index (κ2) is 7.69. The maximum atomic E-state index is 10.9. The Bertz CT molecular complexity index is 207. The van der Waals surface area contributed by atoms with Gasteiger partial charge in [0, 0.05) is 25.8 Å². The molecule has 0 radical (unpaired) electrons. The van der Waals surface area contributed by atoms with Gasteiger partial charge in [0.2, 0.25) is 5.91 Å². The summed E-state index contributed by atoms with van der Waals surface area (Å²) in [6, 6.07) is 0. The largest absolute Gasteiger partial charge is 0.356 e. The maximum Gasteiger partial charge on any atom is 0.220 e. The Morgan fingerprint density at radius 2 is 1.92 bits per heavy atom. The molecule has 64 valence electrons. The molecule has 0 unspecified atom stereocenters. The fourth-order valence-electron chi connectivity index (χ4n) is 0.692. The third-order valence-electron chi connectivity index (χ3n) is 1.32. The molecule has 2 heteroatoms. The Kier molecular flexibility index (Phi) is 6.79. The van der Waals surface area contributed by atoms with E-state index in [1.165, 1.54) is 0 Å². The number of amides is 1. The topological polar surface area (TPSA) is 29.1 Å². The zero-order valence-electron chi connectivity index (χ0n) is 7.10. The van der Waals surface area contributed by atoms with Crippen LogP contribution in [-0.4, -0.2) is 12.5 Å². The molecule has 1 amide bonds. The molecule has 1 N–H and O–H groups in total. The second-order valence-electron chi connectivity index (χ2n) is 2.36. The lowest BCUT2D eigenvalue weighted by atomic mass is 10.3. The molecule has 0 bridgehead atoms. The first-order chi connectivity index (χ1) is 5.81. The molecule has 12 heavy (non-hydrogen) atoms. The van der Waals surface area contributed by atoms with Crippen molar-refractivity contribution in [2.24, 2.45) is 0 Å². The summed E-state index contributed by atoms with van der Waals surface area (Å²) in [5, 5.41) is 2.72. The predicted molar refractivity (Wildman–Crippen MR) is 49.1 cm³/mol. The Morgan fingerprint density at radius 3 is 2.50 bits per heavy atom. The lowest BCUT2D eigenvalue weighted by Gasteiger charge is -2.00. The number of terminal acetylenes is 2. The third-order valence-corrected chi connectivity index (χ3v) is 1.32. The van der Waals surface area contributed by atoms with Crippen LogP contribution in [0.2, 0.25) is 0 Å². The van der Waals surface area contributed by atoms with Gasteiger partial charge in [0.1, 0.15) is 0 Å². The van der Waals surface area contributed by atoms with E-state index in [9.17, 15) is 4.79 Å². The monoisotopic (exact) mass is 163 g/mol. The second-order valence-corrected chi connectivity index (χ2v) is 2.36. The molecule has 0 saturated carbocycles. The van der Waals surface area contributed by atoms with Crippen LogP contribution in [0.25, 0.3) is 0 Å². The normalized spacial score (nSPS) is 8.17. The highest BCUT2D eigenvalue weighted by Crippen LogP contribution is 1.87. The first-order valence-corrected chi connectivity index (χ1v) is 3.95. The summed E-state index contributed by atoms with van der Waals surface area (Å²) < 4.78 is 0. The van der Waals surface area contributed by atoms with E-state index in [1.807, 2.05) is 0 Å². The van der Waals surface area contributed by atoms with Crippen LogP contribution in [0.3, 0.4) is 0 Å². The van der Waals surface area contributed by atoms with Gasteiger partial charge in [-0.2, -0.15) is 0 Å². The predicted octanol–water partition coefficient (Wildman–Crippen LogP) is 0.929. The van der Waals surface area contributed by atoms with Crippen LogP contribution in [0.1, 0.15) is 25.7 Å². The molecule has 0 aliphatic heterocycles. The van der Waals surface area contributed by atoms with Crippen molar-refractivity contribution in [3.8, 4) is 24.7 Å². The minimum absolute atomic E-state index is 0.00460. The van der Waals surface area contributed by atoms with Gasteiger partial charge in [-0.25, -0.2) is 0 Å². The van der Waals surface area contributed by atoms with Gasteiger partial charge in [-0.15, -0.1) is 24.7 Å². The minimum Gasteiger partial charge on any atom is -0.356 e. The number of hydrogen-bond acceptors (Lipinski definition) is 1. The van der Waals surface area contributed by atoms with Gasteiger partial charge in [-0.05, 0) is 6.42 Å². The van der Waals surface area contributed by atoms with Crippen LogP contribution in [0, 0.1) is 24.7 Å². The van der Waals surface area contributed by atoms with Crippen LogP contribution in [0.15, 0.2) is 0 Å². The van der Waals surface area contributed by atoms with Crippen molar-refractivity contribution in [1.29, 1.82) is 0 Å². The Balaban J connectivity index is 3.22. The van der Waals surface area contributed by atoms with E-state index >= 15 is 0 Å². The van der Waals surface area contributed by atoms with Crippen LogP contribution in [-0.2, 0) is 4.79 Å². The number of hydrogen-bond donors (Lipinski definition) is 1. The molecule has 0 aliphatic rings. The summed E-state index contributed by atoms with van der Waals surface area (Å²) in [6.07, 6.45) is 12.5. The smallest absolute Gasteiger partial charge is 0.220 e. The SMILES string of the molecule is C#CCCCNC(=O)CCC#C. The average molecular weight is 163 g/mol. The van der Waals surface area contributed by atoms with E-state index in [0.29, 0.717) is 25.8 Å². The first kappa shape index (κ1) is 10.6. The van der Waals surface area contributed by atoms with E-state index in [2.05, 4.69) is 17.2 Å². The fraction of sp³-hybridized carbons (Fsp3) is 0.500. The molecule has 0 fully saturated rings. The summed E-state index contributed by atoms with van der Waals surface area (Å²) in [5.74, 6) is 4.91. The van der Waals surface area contributed by atoms with E-state index in [0.717, 1.165) is 6.42 Å². The lowest BCUT2D eigenvalue weighted by Crippen LogP contribution is -2.23. The molecule has 0 atom stereocenters. The van der Waals surface area contributed by atoms with Crippen LogP contribution in [0.5, 0.6) is 0 Å². The molecule has 0 spiro atoms. The van der Waals surface area contributed by atoms with Gasteiger partial charge in [0.15, 0.2) is 0 Å². The van der Waals surface area contributed by atoms with E-state index in [-0.39, 0.29) is 5.91 Å². The summed E-state index contributed by atoms with van der Waals surface area (Å²) >= 11 is 0. The van der Waals surface area contributed by atoms with Crippen LogP contribution < -0.4 is 5.32 Å². The molecule has 0 heterocycles. The summed E-state index contributed by atoms with van der Waals surface area (Å²) in [7, 11) is 0. The minimum atomic E-state index is 0.00460. The number of carbonyl (C=O) groups excluding carboxylic acids is 1. The highest BCUT2D eigenvalue weighted by Gasteiger charge is 1.96. The van der Waals surface area contributed by atoms with Crippen molar-refractivity contribution in [3.05, 3.63) is 0 Å². The molecular formula is C10H13NO. The summed E-state index contributed by atoms with van der Waals surface area (Å²) in [4.78, 5) is 10.9. The molecule has 0 saturated heterocycles. The van der Waals surface area contributed by atoms with Crippen molar-refractivity contribution >= 4 is 5.91 Å². The van der Waals surface area contributed by atoms with Crippen molar-refractivity contribution in [2.75, 3.05) is 6.54 Å². The zero-order chi connectivity index (χ0) is 9.23. The molecule has 0 aromatic carbocycles. The zero-order valence-corrected chi connectivity index (χ0v) is 7.10.